The van der Waals surface area contributed by atoms with E-state index in [0.717, 1.165) is 12.8 Å². The molecule has 0 atom stereocenters. The predicted octanol–water partition coefficient (Wildman–Crippen LogP) is 0.828. The summed E-state index contributed by atoms with van der Waals surface area (Å²) >= 11 is 0. The largest absolute Gasteiger partial charge is 0.492 e. The molecule has 0 radical (unpaired) electrons. The summed E-state index contributed by atoms with van der Waals surface area (Å²) in [5.41, 5.74) is 0.364. The van der Waals surface area contributed by atoms with Crippen LogP contribution in [0.3, 0.4) is 0 Å². The number of benzene rings is 1. The van der Waals surface area contributed by atoms with Crippen LogP contribution < -0.4 is 10.1 Å². The lowest BCUT2D eigenvalue weighted by Gasteiger charge is -2.20. The number of likely N-dealkylation sites (N-methyl/N-ethyl adjacent to an activating group) is 2. The Bertz CT molecular complexity index is 835. The van der Waals surface area contributed by atoms with Crippen molar-refractivity contribution in [2.45, 2.75) is 24.7 Å². The minimum absolute atomic E-state index is 0.000992. The van der Waals surface area contributed by atoms with Gasteiger partial charge in [0.05, 0.1) is 19.7 Å². The smallest absolute Gasteiger partial charge is 0.246 e. The molecule has 1 aliphatic heterocycles. The van der Waals surface area contributed by atoms with Crippen molar-refractivity contribution in [1.29, 1.82) is 0 Å². The fourth-order valence-corrected chi connectivity index (χ4v) is 4.68. The molecule has 0 saturated carbocycles. The van der Waals surface area contributed by atoms with Crippen LogP contribution in [-0.2, 0) is 19.6 Å². The van der Waals surface area contributed by atoms with Crippen LogP contribution in [0.1, 0.15) is 19.8 Å². The molecule has 162 valence electrons. The Morgan fingerprint density at radius 3 is 2.38 bits per heavy atom. The number of carbonyl (C=O) groups is 2. The van der Waals surface area contributed by atoms with E-state index >= 15 is 0 Å². The summed E-state index contributed by atoms with van der Waals surface area (Å²) in [6, 6.07) is 4.60. The van der Waals surface area contributed by atoms with Crippen LogP contribution in [-0.4, -0.2) is 88.3 Å². The summed E-state index contributed by atoms with van der Waals surface area (Å²) in [4.78, 5) is 27.2. The Hall–Kier alpha value is -2.17. The molecule has 0 bridgehead atoms. The van der Waals surface area contributed by atoms with Crippen LogP contribution in [0, 0.1) is 0 Å². The monoisotopic (exact) mass is 426 g/mol. The summed E-state index contributed by atoms with van der Waals surface area (Å²) in [6.45, 7) is 3.19. The van der Waals surface area contributed by atoms with Gasteiger partial charge in [0.1, 0.15) is 10.6 Å². The zero-order valence-electron chi connectivity index (χ0n) is 17.5. The SMILES string of the molecule is CCOc1ccc(NC(=O)CN(C)CC(=O)N(C)C)cc1S(=O)(=O)N1CCCC1. The van der Waals surface area contributed by atoms with Crippen LogP contribution >= 0.6 is 0 Å². The Morgan fingerprint density at radius 2 is 1.79 bits per heavy atom. The number of carbonyl (C=O) groups excluding carboxylic acids is 2. The highest BCUT2D eigenvalue weighted by atomic mass is 32.2. The maximum absolute atomic E-state index is 13.0. The van der Waals surface area contributed by atoms with E-state index in [-0.39, 0.29) is 35.5 Å². The number of nitrogens with one attached hydrogen (secondary N) is 1. The van der Waals surface area contributed by atoms with Gasteiger partial charge in [0.2, 0.25) is 21.8 Å². The van der Waals surface area contributed by atoms with Gasteiger partial charge in [-0.25, -0.2) is 8.42 Å². The minimum Gasteiger partial charge on any atom is -0.492 e. The quantitative estimate of drug-likeness (QED) is 0.628. The van der Waals surface area contributed by atoms with Gasteiger partial charge in [0, 0.05) is 32.9 Å². The van der Waals surface area contributed by atoms with Crippen molar-refractivity contribution in [2.75, 3.05) is 59.2 Å². The first-order chi connectivity index (χ1) is 13.6. The van der Waals surface area contributed by atoms with Gasteiger partial charge in [-0.1, -0.05) is 0 Å². The molecular formula is C19H30N4O5S. The number of sulfonamides is 1. The first-order valence-corrected chi connectivity index (χ1v) is 11.0. The normalized spacial score (nSPS) is 14.8. The van der Waals surface area contributed by atoms with Crippen molar-refractivity contribution in [2.24, 2.45) is 0 Å². The first-order valence-electron chi connectivity index (χ1n) is 9.60. The second-order valence-corrected chi connectivity index (χ2v) is 9.12. The molecule has 1 N–H and O–H groups in total. The first kappa shape index (κ1) is 23.1. The van der Waals surface area contributed by atoms with E-state index in [1.54, 1.807) is 45.1 Å². The van der Waals surface area contributed by atoms with Gasteiger partial charge in [-0.2, -0.15) is 4.31 Å². The topological polar surface area (TPSA) is 99.3 Å². The zero-order valence-corrected chi connectivity index (χ0v) is 18.3. The summed E-state index contributed by atoms with van der Waals surface area (Å²) in [7, 11) is 1.27. The molecule has 1 aromatic rings. The molecule has 2 amide bonds. The molecule has 1 fully saturated rings. The Labute approximate surface area is 172 Å². The summed E-state index contributed by atoms with van der Waals surface area (Å²) in [5.74, 6) is -0.181. The number of hydrogen-bond acceptors (Lipinski definition) is 6. The lowest BCUT2D eigenvalue weighted by Crippen LogP contribution is -2.38. The van der Waals surface area contributed by atoms with Gasteiger partial charge in [0.15, 0.2) is 0 Å². The molecule has 9 nitrogen and oxygen atoms in total. The molecule has 1 aromatic carbocycles. The standard InChI is InChI=1S/C19H30N4O5S/c1-5-28-16-9-8-15(12-17(16)29(26,27)23-10-6-7-11-23)20-18(24)13-22(4)14-19(25)21(2)3/h8-9,12H,5-7,10-11,13-14H2,1-4H3,(H,20,24). The van der Waals surface area contributed by atoms with Crippen molar-refractivity contribution >= 4 is 27.5 Å². The third-order valence-corrected chi connectivity index (χ3v) is 6.45. The minimum atomic E-state index is -3.70. The van der Waals surface area contributed by atoms with Crippen LogP contribution in [0.25, 0.3) is 0 Å². The zero-order chi connectivity index (χ0) is 21.6. The molecule has 1 aliphatic rings. The van der Waals surface area contributed by atoms with E-state index in [0.29, 0.717) is 25.4 Å². The van der Waals surface area contributed by atoms with Crippen molar-refractivity contribution in [3.05, 3.63) is 18.2 Å². The van der Waals surface area contributed by atoms with Crippen LogP contribution in [0.2, 0.25) is 0 Å². The van der Waals surface area contributed by atoms with Crippen molar-refractivity contribution in [3.8, 4) is 5.75 Å². The maximum Gasteiger partial charge on any atom is 0.246 e. The lowest BCUT2D eigenvalue weighted by atomic mass is 10.3. The van der Waals surface area contributed by atoms with Crippen LogP contribution in [0.5, 0.6) is 5.75 Å². The van der Waals surface area contributed by atoms with E-state index in [2.05, 4.69) is 5.32 Å². The highest BCUT2D eigenvalue weighted by molar-refractivity contribution is 7.89. The van der Waals surface area contributed by atoms with Gasteiger partial charge < -0.3 is 15.0 Å². The molecule has 2 rings (SSSR count). The Balaban J connectivity index is 2.15. The Kier molecular flexibility index (Phi) is 8.00. The number of rotatable bonds is 9. The average molecular weight is 427 g/mol. The Morgan fingerprint density at radius 1 is 1.14 bits per heavy atom. The third kappa shape index (κ3) is 6.15. The predicted molar refractivity (Wildman–Crippen MR) is 110 cm³/mol. The van der Waals surface area contributed by atoms with Crippen LogP contribution in [0.4, 0.5) is 5.69 Å². The number of hydrogen-bond donors (Lipinski definition) is 1. The average Bonchev–Trinajstić information content (AvgIpc) is 3.18. The van der Waals surface area contributed by atoms with Crippen LogP contribution in [0.15, 0.2) is 23.1 Å². The van der Waals surface area contributed by atoms with Crippen molar-refractivity contribution in [1.82, 2.24) is 14.1 Å². The highest BCUT2D eigenvalue weighted by Gasteiger charge is 2.30. The number of amides is 2. The summed E-state index contributed by atoms with van der Waals surface area (Å²) < 4.78 is 33.0. The van der Waals surface area contributed by atoms with Gasteiger partial charge in [-0.05, 0) is 45.0 Å². The molecule has 0 aromatic heterocycles. The molecule has 0 spiro atoms. The van der Waals surface area contributed by atoms with Gasteiger partial charge >= 0.3 is 0 Å². The van der Waals surface area contributed by atoms with Gasteiger partial charge in [0.25, 0.3) is 0 Å². The summed E-state index contributed by atoms with van der Waals surface area (Å²) in [6.07, 6.45) is 1.66. The highest BCUT2D eigenvalue weighted by Crippen LogP contribution is 2.31. The molecule has 29 heavy (non-hydrogen) atoms. The maximum atomic E-state index is 13.0. The second kappa shape index (κ2) is 10.0. The lowest BCUT2D eigenvalue weighted by molar-refractivity contribution is -0.130. The van der Waals surface area contributed by atoms with E-state index in [1.807, 2.05) is 0 Å². The molecular weight excluding hydrogens is 396 g/mol. The number of ether oxygens (including phenoxy) is 1. The second-order valence-electron chi connectivity index (χ2n) is 7.21. The van der Waals surface area contributed by atoms with Crippen molar-refractivity contribution in [3.63, 3.8) is 0 Å². The van der Waals surface area contributed by atoms with Gasteiger partial charge in [-0.15, -0.1) is 0 Å². The number of nitrogens with zero attached hydrogens (tertiary/aromatic N) is 3. The van der Waals surface area contributed by atoms with E-state index in [1.165, 1.54) is 15.3 Å². The molecule has 1 heterocycles. The van der Waals surface area contributed by atoms with E-state index < -0.39 is 10.0 Å². The third-order valence-electron chi connectivity index (χ3n) is 4.53. The molecule has 0 aliphatic carbocycles. The molecule has 0 unspecified atom stereocenters. The van der Waals surface area contributed by atoms with Gasteiger partial charge in [-0.3, -0.25) is 14.5 Å². The van der Waals surface area contributed by atoms with E-state index in [4.69, 9.17) is 4.74 Å². The fourth-order valence-electron chi connectivity index (χ4n) is 3.00. The number of anilines is 1. The summed E-state index contributed by atoms with van der Waals surface area (Å²) in [5, 5.41) is 2.70. The molecule has 1 saturated heterocycles. The van der Waals surface area contributed by atoms with Crippen molar-refractivity contribution < 1.29 is 22.7 Å². The molecule has 10 heteroatoms. The van der Waals surface area contributed by atoms with E-state index in [9.17, 15) is 18.0 Å². The fraction of sp³-hybridized carbons (Fsp3) is 0.579.